The van der Waals surface area contributed by atoms with Gasteiger partial charge in [-0.3, -0.25) is 4.90 Å². The van der Waals surface area contributed by atoms with Gasteiger partial charge in [0.15, 0.2) is 0 Å². The number of benzene rings is 1. The molecule has 0 N–H and O–H groups in total. The van der Waals surface area contributed by atoms with Crippen LogP contribution in [0.5, 0.6) is 0 Å². The Morgan fingerprint density at radius 2 is 1.94 bits per heavy atom. The third-order valence-corrected chi connectivity index (χ3v) is 4.85. The van der Waals surface area contributed by atoms with Crippen LogP contribution in [0.25, 0.3) is 0 Å². The van der Waals surface area contributed by atoms with Crippen LogP contribution in [-0.2, 0) is 23.1 Å². The van der Waals surface area contributed by atoms with Crippen molar-refractivity contribution >= 4 is 10.0 Å². The normalized spacial score (nSPS) is 23.2. The maximum Gasteiger partial charge on any atom is 0.211 e. The molecule has 5 heteroatoms. The topological polar surface area (TPSA) is 40.6 Å². The van der Waals surface area contributed by atoms with Gasteiger partial charge < -0.3 is 0 Å². The standard InChI is InChI=1S/C12H16N2O2S/c1-17(15,16)14-8-12(9-14)13-6-10-4-2-3-5-11(10)7-13/h2-5,12H,6-9H2,1H3/i2D. The molecule has 0 aromatic heterocycles. The Balaban J connectivity index is 1.66. The predicted molar refractivity (Wildman–Crippen MR) is 65.9 cm³/mol. The second kappa shape index (κ2) is 3.80. The summed E-state index contributed by atoms with van der Waals surface area (Å²) in [6, 6.07) is 6.59. The van der Waals surface area contributed by atoms with E-state index < -0.39 is 10.0 Å². The van der Waals surface area contributed by atoms with Crippen molar-refractivity contribution in [2.75, 3.05) is 19.3 Å². The number of rotatable bonds is 2. The molecular formula is C12H16N2O2S. The maximum atomic E-state index is 11.3. The van der Waals surface area contributed by atoms with Crippen molar-refractivity contribution < 1.29 is 9.79 Å². The summed E-state index contributed by atoms with van der Waals surface area (Å²) in [6.45, 7) is 2.91. The Bertz CT molecular complexity index is 582. The monoisotopic (exact) mass is 253 g/mol. The summed E-state index contributed by atoms with van der Waals surface area (Å²) in [6.07, 6.45) is 1.26. The second-order valence-electron chi connectivity index (χ2n) is 4.83. The fourth-order valence-corrected chi connectivity index (χ4v) is 3.35. The molecule has 3 rings (SSSR count). The first kappa shape index (κ1) is 10.1. The number of fused-ring (bicyclic) bond motifs is 1. The van der Waals surface area contributed by atoms with Crippen molar-refractivity contribution in [2.24, 2.45) is 0 Å². The van der Waals surface area contributed by atoms with Gasteiger partial charge in [0.2, 0.25) is 10.0 Å². The minimum Gasteiger partial charge on any atom is -0.289 e. The Morgan fingerprint density at radius 3 is 2.59 bits per heavy atom. The predicted octanol–water partition coefficient (Wildman–Crippen LogP) is 0.646. The molecular weight excluding hydrogens is 236 g/mol. The van der Waals surface area contributed by atoms with Crippen molar-refractivity contribution in [3.05, 3.63) is 35.4 Å². The van der Waals surface area contributed by atoms with E-state index in [0.29, 0.717) is 25.2 Å². The van der Waals surface area contributed by atoms with Gasteiger partial charge in [-0.25, -0.2) is 8.42 Å². The van der Waals surface area contributed by atoms with Crippen LogP contribution in [0.2, 0.25) is 0 Å². The van der Waals surface area contributed by atoms with E-state index in [-0.39, 0.29) is 0 Å². The van der Waals surface area contributed by atoms with Crippen LogP contribution in [0, 0.1) is 0 Å². The first-order valence-electron chi connectivity index (χ1n) is 6.21. The lowest BCUT2D eigenvalue weighted by Gasteiger charge is -2.42. The lowest BCUT2D eigenvalue weighted by Crippen LogP contribution is -2.59. The molecule has 1 aromatic rings. The fraction of sp³-hybridized carbons (Fsp3) is 0.500. The number of hydrogen-bond acceptors (Lipinski definition) is 3. The Kier molecular flexibility index (Phi) is 2.25. The molecule has 2 aliphatic rings. The number of hydrogen-bond donors (Lipinski definition) is 0. The highest BCUT2D eigenvalue weighted by molar-refractivity contribution is 7.88. The zero-order valence-electron chi connectivity index (χ0n) is 10.8. The van der Waals surface area contributed by atoms with Gasteiger partial charge in [0.1, 0.15) is 0 Å². The van der Waals surface area contributed by atoms with Crippen LogP contribution in [0.4, 0.5) is 0 Å². The molecule has 0 aliphatic carbocycles. The summed E-state index contributed by atoms with van der Waals surface area (Å²) in [5.41, 5.74) is 2.48. The quantitative estimate of drug-likeness (QED) is 0.777. The van der Waals surface area contributed by atoms with E-state index in [9.17, 15) is 8.42 Å². The van der Waals surface area contributed by atoms with Gasteiger partial charge in [0.25, 0.3) is 0 Å². The molecule has 2 heterocycles. The van der Waals surface area contributed by atoms with E-state index in [1.54, 1.807) is 0 Å². The zero-order chi connectivity index (χ0) is 12.9. The molecule has 92 valence electrons. The average Bonchev–Trinajstić information content (AvgIpc) is 2.55. The summed E-state index contributed by atoms with van der Waals surface area (Å²) in [7, 11) is -3.03. The SMILES string of the molecule is [2H]c1ccc2c(c1)CN(C1CN(S(C)(=O)=O)C1)C2. The van der Waals surface area contributed by atoms with Crippen LogP contribution < -0.4 is 0 Å². The molecule has 0 spiro atoms. The first-order chi connectivity index (χ1) is 8.43. The highest BCUT2D eigenvalue weighted by Crippen LogP contribution is 2.28. The van der Waals surface area contributed by atoms with Gasteiger partial charge in [-0.15, -0.1) is 0 Å². The van der Waals surface area contributed by atoms with Crippen LogP contribution >= 0.6 is 0 Å². The minimum absolute atomic E-state index is 0.321. The fourth-order valence-electron chi connectivity index (χ4n) is 2.47. The Morgan fingerprint density at radius 1 is 1.29 bits per heavy atom. The molecule has 0 unspecified atom stereocenters. The summed E-state index contributed by atoms with van der Waals surface area (Å²) in [4.78, 5) is 2.30. The van der Waals surface area contributed by atoms with Gasteiger partial charge in [-0.05, 0) is 11.1 Å². The van der Waals surface area contributed by atoms with Crippen LogP contribution in [0.3, 0.4) is 0 Å². The van der Waals surface area contributed by atoms with E-state index in [1.165, 1.54) is 21.7 Å². The van der Waals surface area contributed by atoms with E-state index in [4.69, 9.17) is 1.37 Å². The van der Waals surface area contributed by atoms with Crippen molar-refractivity contribution in [3.8, 4) is 0 Å². The van der Waals surface area contributed by atoms with E-state index >= 15 is 0 Å². The van der Waals surface area contributed by atoms with Crippen molar-refractivity contribution in [2.45, 2.75) is 19.1 Å². The molecule has 2 aliphatic heterocycles. The maximum absolute atomic E-state index is 11.3. The van der Waals surface area contributed by atoms with E-state index in [1.807, 2.05) is 18.2 Å². The highest BCUT2D eigenvalue weighted by Gasteiger charge is 2.38. The molecule has 0 radical (unpaired) electrons. The Hall–Kier alpha value is -0.910. The summed E-state index contributed by atoms with van der Waals surface area (Å²) >= 11 is 0. The smallest absolute Gasteiger partial charge is 0.211 e. The van der Waals surface area contributed by atoms with Gasteiger partial charge in [0, 0.05) is 32.2 Å². The van der Waals surface area contributed by atoms with E-state index in [0.717, 1.165) is 13.1 Å². The minimum atomic E-state index is -3.03. The van der Waals surface area contributed by atoms with Gasteiger partial charge >= 0.3 is 0 Å². The van der Waals surface area contributed by atoms with Crippen molar-refractivity contribution in [3.63, 3.8) is 0 Å². The molecule has 1 fully saturated rings. The third kappa shape index (κ3) is 1.99. The first-order valence-corrected chi connectivity index (χ1v) is 7.56. The largest absolute Gasteiger partial charge is 0.289 e. The molecule has 0 atom stereocenters. The van der Waals surface area contributed by atoms with Gasteiger partial charge in [-0.1, -0.05) is 24.2 Å². The average molecular weight is 253 g/mol. The van der Waals surface area contributed by atoms with Gasteiger partial charge in [0.05, 0.1) is 7.63 Å². The van der Waals surface area contributed by atoms with Gasteiger partial charge in [-0.2, -0.15) is 4.31 Å². The molecule has 1 saturated heterocycles. The molecule has 0 saturated carbocycles. The summed E-state index contributed by atoms with van der Waals surface area (Å²) in [5.74, 6) is 0. The summed E-state index contributed by atoms with van der Waals surface area (Å²) < 4.78 is 31.8. The van der Waals surface area contributed by atoms with Crippen LogP contribution in [0.15, 0.2) is 24.2 Å². The molecule has 0 bridgehead atoms. The lowest BCUT2D eigenvalue weighted by atomic mass is 10.1. The molecule has 0 amide bonds. The van der Waals surface area contributed by atoms with Crippen LogP contribution in [-0.4, -0.2) is 43.0 Å². The number of nitrogens with zero attached hydrogens (tertiary/aromatic N) is 2. The Labute approximate surface area is 103 Å². The second-order valence-corrected chi connectivity index (χ2v) is 6.82. The molecule has 17 heavy (non-hydrogen) atoms. The summed E-state index contributed by atoms with van der Waals surface area (Å²) in [5, 5.41) is 0. The highest BCUT2D eigenvalue weighted by atomic mass is 32.2. The van der Waals surface area contributed by atoms with E-state index in [2.05, 4.69) is 4.90 Å². The zero-order valence-corrected chi connectivity index (χ0v) is 10.6. The number of sulfonamides is 1. The lowest BCUT2D eigenvalue weighted by molar-refractivity contribution is 0.0865. The van der Waals surface area contributed by atoms with Crippen molar-refractivity contribution in [1.29, 1.82) is 0 Å². The third-order valence-electron chi connectivity index (χ3n) is 3.61. The molecule has 1 aromatic carbocycles. The molecule has 4 nitrogen and oxygen atoms in total. The van der Waals surface area contributed by atoms with Crippen LogP contribution in [0.1, 0.15) is 12.5 Å². The van der Waals surface area contributed by atoms with Crippen molar-refractivity contribution in [1.82, 2.24) is 9.21 Å².